The maximum atomic E-state index is 11.7. The lowest BCUT2D eigenvalue weighted by Gasteiger charge is -2.17. The van der Waals surface area contributed by atoms with Crippen molar-refractivity contribution in [2.75, 3.05) is 0 Å². The highest BCUT2D eigenvalue weighted by Gasteiger charge is 2.09. The van der Waals surface area contributed by atoms with Crippen LogP contribution in [0.1, 0.15) is 38.0 Å². The summed E-state index contributed by atoms with van der Waals surface area (Å²) >= 11 is 0. The van der Waals surface area contributed by atoms with Gasteiger partial charge >= 0.3 is 6.03 Å². The maximum Gasteiger partial charge on any atom is 0.317 e. The third kappa shape index (κ3) is 4.84. The van der Waals surface area contributed by atoms with E-state index in [9.17, 15) is 4.79 Å². The fourth-order valence-corrected chi connectivity index (χ4v) is 1.98. The number of amides is 2. The number of ether oxygens (including phenoxy) is 1. The summed E-state index contributed by atoms with van der Waals surface area (Å²) in [5.41, 5.74) is 1.25. The number of furan rings is 1. The van der Waals surface area contributed by atoms with Crippen molar-refractivity contribution in [1.82, 2.24) is 10.6 Å². The second-order valence-electron chi connectivity index (χ2n) is 5.39. The zero-order valence-electron chi connectivity index (χ0n) is 13.1. The van der Waals surface area contributed by atoms with E-state index in [1.165, 1.54) is 5.56 Å². The van der Waals surface area contributed by atoms with Crippen molar-refractivity contribution in [2.24, 2.45) is 0 Å². The summed E-state index contributed by atoms with van der Waals surface area (Å²) in [4.78, 5) is 11.7. The van der Waals surface area contributed by atoms with Gasteiger partial charge in [-0.3, -0.25) is 0 Å². The molecule has 5 nitrogen and oxygen atoms in total. The van der Waals surface area contributed by atoms with Crippen molar-refractivity contribution >= 4 is 6.03 Å². The number of nitrogens with one attached hydrogen (secondary N) is 2. The van der Waals surface area contributed by atoms with Gasteiger partial charge in [0.15, 0.2) is 6.23 Å². The molecular weight excluding hydrogens is 280 g/mol. The fourth-order valence-electron chi connectivity index (χ4n) is 1.98. The highest BCUT2D eigenvalue weighted by molar-refractivity contribution is 5.73. The molecular formula is C17H22N2O3. The normalized spacial score (nSPS) is 12.0. The van der Waals surface area contributed by atoms with Crippen LogP contribution in [0, 0.1) is 0 Å². The summed E-state index contributed by atoms with van der Waals surface area (Å²) in [5, 5.41) is 5.42. The first-order chi connectivity index (χ1) is 10.5. The standard InChI is InChI=1S/C17H22N2O3/c1-12(2)14-6-8-15(9-7-14)22-13(3)19-17(20)18-11-16-5-4-10-21-16/h4-10,12-13H,11H2,1-3H3,(H2,18,19,20). The molecule has 0 radical (unpaired) electrons. The number of benzene rings is 1. The van der Waals surface area contributed by atoms with Crippen LogP contribution in [-0.2, 0) is 6.54 Å². The number of hydrogen-bond acceptors (Lipinski definition) is 3. The molecule has 0 aliphatic rings. The predicted octanol–water partition coefficient (Wildman–Crippen LogP) is 3.63. The molecule has 0 fully saturated rings. The first-order valence-corrected chi connectivity index (χ1v) is 7.38. The van der Waals surface area contributed by atoms with E-state index in [2.05, 4.69) is 24.5 Å². The van der Waals surface area contributed by atoms with Crippen molar-refractivity contribution in [3.8, 4) is 5.75 Å². The van der Waals surface area contributed by atoms with Gasteiger partial charge in [-0.25, -0.2) is 4.79 Å². The molecule has 2 aromatic rings. The molecule has 1 atom stereocenters. The Labute approximate surface area is 130 Å². The first kappa shape index (κ1) is 15.9. The van der Waals surface area contributed by atoms with Gasteiger partial charge in [0.1, 0.15) is 11.5 Å². The van der Waals surface area contributed by atoms with Gasteiger partial charge in [-0.1, -0.05) is 26.0 Å². The Morgan fingerprint density at radius 2 is 1.91 bits per heavy atom. The molecule has 0 saturated carbocycles. The van der Waals surface area contributed by atoms with Gasteiger partial charge in [-0.15, -0.1) is 0 Å². The average molecular weight is 302 g/mol. The SMILES string of the molecule is CC(NC(=O)NCc1ccco1)Oc1ccc(C(C)C)cc1. The van der Waals surface area contributed by atoms with Crippen LogP contribution in [0.2, 0.25) is 0 Å². The van der Waals surface area contributed by atoms with Crippen molar-refractivity contribution in [1.29, 1.82) is 0 Å². The molecule has 1 aromatic heterocycles. The van der Waals surface area contributed by atoms with E-state index >= 15 is 0 Å². The second-order valence-corrected chi connectivity index (χ2v) is 5.39. The Bertz CT molecular complexity index is 576. The molecule has 118 valence electrons. The van der Waals surface area contributed by atoms with E-state index in [1.54, 1.807) is 25.3 Å². The minimum absolute atomic E-state index is 0.303. The molecule has 22 heavy (non-hydrogen) atoms. The number of carbonyl (C=O) groups excluding carboxylic acids is 1. The molecule has 0 aliphatic heterocycles. The lowest BCUT2D eigenvalue weighted by Crippen LogP contribution is -2.43. The zero-order valence-corrected chi connectivity index (χ0v) is 13.1. The topological polar surface area (TPSA) is 63.5 Å². The monoisotopic (exact) mass is 302 g/mol. The third-order valence-corrected chi connectivity index (χ3v) is 3.20. The van der Waals surface area contributed by atoms with Crippen molar-refractivity contribution in [3.63, 3.8) is 0 Å². The van der Waals surface area contributed by atoms with E-state index < -0.39 is 6.23 Å². The first-order valence-electron chi connectivity index (χ1n) is 7.38. The van der Waals surface area contributed by atoms with Crippen molar-refractivity contribution in [2.45, 2.75) is 39.5 Å². The van der Waals surface area contributed by atoms with E-state index in [0.717, 1.165) is 5.75 Å². The van der Waals surface area contributed by atoms with Crippen LogP contribution in [-0.4, -0.2) is 12.3 Å². The Morgan fingerprint density at radius 1 is 1.18 bits per heavy atom. The van der Waals surface area contributed by atoms with Gasteiger partial charge in [0.05, 0.1) is 12.8 Å². The van der Waals surface area contributed by atoms with Gasteiger partial charge in [0, 0.05) is 0 Å². The largest absolute Gasteiger partial charge is 0.471 e. The molecule has 0 aliphatic carbocycles. The summed E-state index contributed by atoms with van der Waals surface area (Å²) in [7, 11) is 0. The van der Waals surface area contributed by atoms with Gasteiger partial charge in [-0.2, -0.15) is 0 Å². The van der Waals surface area contributed by atoms with Crippen LogP contribution in [0.4, 0.5) is 4.79 Å². The van der Waals surface area contributed by atoms with Crippen LogP contribution >= 0.6 is 0 Å². The Balaban J connectivity index is 1.76. The highest BCUT2D eigenvalue weighted by atomic mass is 16.5. The van der Waals surface area contributed by atoms with Crippen LogP contribution in [0.3, 0.4) is 0 Å². The Hall–Kier alpha value is -2.43. The lowest BCUT2D eigenvalue weighted by molar-refractivity contribution is 0.176. The van der Waals surface area contributed by atoms with E-state index in [1.807, 2.05) is 24.3 Å². The molecule has 2 amide bonds. The summed E-state index contributed by atoms with van der Waals surface area (Å²) in [6, 6.07) is 11.2. The van der Waals surface area contributed by atoms with Crippen LogP contribution in [0.25, 0.3) is 0 Å². The summed E-state index contributed by atoms with van der Waals surface area (Å²) in [5.74, 6) is 1.91. The molecule has 0 bridgehead atoms. The van der Waals surface area contributed by atoms with Gasteiger partial charge < -0.3 is 19.8 Å². The maximum absolute atomic E-state index is 11.7. The minimum atomic E-state index is -0.429. The quantitative estimate of drug-likeness (QED) is 0.801. The highest BCUT2D eigenvalue weighted by Crippen LogP contribution is 2.19. The summed E-state index contributed by atoms with van der Waals surface area (Å²) in [6.07, 6.45) is 1.14. The van der Waals surface area contributed by atoms with E-state index in [4.69, 9.17) is 9.15 Å². The van der Waals surface area contributed by atoms with Gasteiger partial charge in [0.25, 0.3) is 0 Å². The van der Waals surface area contributed by atoms with Crippen molar-refractivity contribution in [3.05, 3.63) is 54.0 Å². The van der Waals surface area contributed by atoms with Crippen LogP contribution < -0.4 is 15.4 Å². The average Bonchev–Trinajstić information content (AvgIpc) is 2.99. The summed E-state index contributed by atoms with van der Waals surface area (Å²) in [6.45, 7) is 6.41. The van der Waals surface area contributed by atoms with E-state index in [0.29, 0.717) is 18.2 Å². The Kier molecular flexibility index (Phi) is 5.47. The molecule has 0 spiro atoms. The molecule has 1 unspecified atom stereocenters. The second kappa shape index (κ2) is 7.54. The number of rotatable bonds is 6. The zero-order chi connectivity index (χ0) is 15.9. The fraction of sp³-hybridized carbons (Fsp3) is 0.353. The van der Waals surface area contributed by atoms with Crippen LogP contribution in [0.5, 0.6) is 5.75 Å². The predicted molar refractivity (Wildman–Crippen MR) is 84.7 cm³/mol. The van der Waals surface area contributed by atoms with E-state index in [-0.39, 0.29) is 6.03 Å². The smallest absolute Gasteiger partial charge is 0.317 e. The van der Waals surface area contributed by atoms with Crippen molar-refractivity contribution < 1.29 is 13.9 Å². The summed E-state index contributed by atoms with van der Waals surface area (Å²) < 4.78 is 10.8. The number of carbonyl (C=O) groups is 1. The lowest BCUT2D eigenvalue weighted by atomic mass is 10.0. The third-order valence-electron chi connectivity index (χ3n) is 3.20. The number of hydrogen-bond donors (Lipinski definition) is 2. The molecule has 2 rings (SSSR count). The van der Waals surface area contributed by atoms with Gasteiger partial charge in [0.2, 0.25) is 0 Å². The minimum Gasteiger partial charge on any atom is -0.471 e. The molecule has 1 heterocycles. The molecule has 5 heteroatoms. The van der Waals surface area contributed by atoms with Crippen LogP contribution in [0.15, 0.2) is 47.1 Å². The Morgan fingerprint density at radius 3 is 2.50 bits per heavy atom. The molecule has 0 saturated heterocycles. The van der Waals surface area contributed by atoms with Gasteiger partial charge in [-0.05, 0) is 42.7 Å². The molecule has 2 N–H and O–H groups in total. The molecule has 1 aromatic carbocycles. The number of urea groups is 1.